The van der Waals surface area contributed by atoms with Gasteiger partial charge in [-0.1, -0.05) is 25.1 Å². The van der Waals surface area contributed by atoms with E-state index in [9.17, 15) is 0 Å². The van der Waals surface area contributed by atoms with Crippen molar-refractivity contribution in [3.8, 4) is 5.75 Å². The molecule has 1 aromatic heterocycles. The Labute approximate surface area is 106 Å². The van der Waals surface area contributed by atoms with Crippen molar-refractivity contribution in [2.75, 3.05) is 6.61 Å². The Hall–Kier alpha value is -1.92. The number of H-pyrrole nitrogens is 1. The molecule has 1 heterocycles. The fourth-order valence-corrected chi connectivity index (χ4v) is 1.75. The predicted molar refractivity (Wildman–Crippen MR) is 67.8 cm³/mol. The van der Waals surface area contributed by atoms with Crippen LogP contribution in [-0.2, 0) is 0 Å². The molecule has 2 aromatic rings. The number of ether oxygens (including phenoxy) is 1. The van der Waals surface area contributed by atoms with Crippen LogP contribution in [0.5, 0.6) is 5.75 Å². The standard InChI is InChI=1S/C12H17N5O/c1-2-7-18-11-6-4-3-5-9(11)12(15-13)10-8-14-17-16-10/h3-6,8,12,15H,2,7,13H2,1H3,(H,14,16,17). The Morgan fingerprint density at radius 2 is 2.28 bits per heavy atom. The van der Waals surface area contributed by atoms with Gasteiger partial charge in [-0.15, -0.1) is 0 Å². The van der Waals surface area contributed by atoms with Crippen molar-refractivity contribution in [3.63, 3.8) is 0 Å². The number of hydrogen-bond acceptors (Lipinski definition) is 5. The second-order valence-corrected chi connectivity index (χ2v) is 3.88. The van der Waals surface area contributed by atoms with Gasteiger partial charge in [-0.05, 0) is 12.5 Å². The summed E-state index contributed by atoms with van der Waals surface area (Å²) in [5, 5.41) is 10.4. The molecule has 1 aromatic carbocycles. The van der Waals surface area contributed by atoms with Gasteiger partial charge in [-0.2, -0.15) is 15.4 Å². The van der Waals surface area contributed by atoms with Crippen LogP contribution in [0.15, 0.2) is 30.5 Å². The van der Waals surface area contributed by atoms with E-state index >= 15 is 0 Å². The molecule has 0 bridgehead atoms. The Bertz CT molecular complexity index is 471. The molecule has 1 unspecified atom stereocenters. The summed E-state index contributed by atoms with van der Waals surface area (Å²) in [5.41, 5.74) is 4.41. The smallest absolute Gasteiger partial charge is 0.124 e. The number of nitrogens with one attached hydrogen (secondary N) is 2. The Morgan fingerprint density at radius 1 is 1.44 bits per heavy atom. The molecular formula is C12H17N5O. The van der Waals surface area contributed by atoms with Crippen LogP contribution in [0.2, 0.25) is 0 Å². The van der Waals surface area contributed by atoms with Gasteiger partial charge in [0.2, 0.25) is 0 Å². The highest BCUT2D eigenvalue weighted by Crippen LogP contribution is 2.28. The van der Waals surface area contributed by atoms with E-state index in [0.29, 0.717) is 6.61 Å². The van der Waals surface area contributed by atoms with Crippen molar-refractivity contribution < 1.29 is 4.74 Å². The zero-order valence-corrected chi connectivity index (χ0v) is 10.3. The molecule has 0 saturated carbocycles. The fraction of sp³-hybridized carbons (Fsp3) is 0.333. The van der Waals surface area contributed by atoms with Crippen LogP contribution < -0.4 is 16.0 Å². The topological polar surface area (TPSA) is 88.9 Å². The van der Waals surface area contributed by atoms with Crippen LogP contribution in [0.1, 0.15) is 30.6 Å². The molecule has 6 heteroatoms. The van der Waals surface area contributed by atoms with E-state index in [1.165, 1.54) is 0 Å². The number of aromatic amines is 1. The van der Waals surface area contributed by atoms with Crippen LogP contribution in [-0.4, -0.2) is 22.0 Å². The summed E-state index contributed by atoms with van der Waals surface area (Å²) < 4.78 is 5.71. The van der Waals surface area contributed by atoms with Crippen LogP contribution in [0, 0.1) is 0 Å². The van der Waals surface area contributed by atoms with Crippen molar-refractivity contribution >= 4 is 0 Å². The summed E-state index contributed by atoms with van der Waals surface area (Å²) in [7, 11) is 0. The maximum Gasteiger partial charge on any atom is 0.124 e. The summed E-state index contributed by atoms with van der Waals surface area (Å²) in [6, 6.07) is 7.53. The number of nitrogens with zero attached hydrogens (tertiary/aromatic N) is 2. The van der Waals surface area contributed by atoms with Gasteiger partial charge in [0.25, 0.3) is 0 Å². The molecule has 0 aliphatic rings. The van der Waals surface area contributed by atoms with Crippen molar-refractivity contribution in [3.05, 3.63) is 41.7 Å². The number of para-hydroxylation sites is 1. The van der Waals surface area contributed by atoms with Crippen molar-refractivity contribution in [1.29, 1.82) is 0 Å². The number of benzene rings is 1. The van der Waals surface area contributed by atoms with Crippen LogP contribution in [0.4, 0.5) is 0 Å². The molecule has 0 fully saturated rings. The number of aromatic nitrogens is 3. The second-order valence-electron chi connectivity index (χ2n) is 3.88. The summed E-state index contributed by atoms with van der Waals surface area (Å²) in [6.45, 7) is 2.74. The van der Waals surface area contributed by atoms with Crippen molar-refractivity contribution in [2.24, 2.45) is 5.84 Å². The minimum atomic E-state index is -0.239. The zero-order valence-electron chi connectivity index (χ0n) is 10.3. The third kappa shape index (κ3) is 2.66. The second kappa shape index (κ2) is 6.13. The molecule has 2 rings (SSSR count). The first-order valence-electron chi connectivity index (χ1n) is 5.90. The Morgan fingerprint density at radius 3 is 2.94 bits per heavy atom. The molecule has 0 aliphatic heterocycles. The van der Waals surface area contributed by atoms with E-state index in [-0.39, 0.29) is 6.04 Å². The molecule has 1 atom stereocenters. The number of rotatable bonds is 6. The van der Waals surface area contributed by atoms with Crippen molar-refractivity contribution in [1.82, 2.24) is 20.8 Å². The summed E-state index contributed by atoms with van der Waals surface area (Å²) in [6.07, 6.45) is 2.60. The number of hydrogen-bond donors (Lipinski definition) is 3. The van der Waals surface area contributed by atoms with Gasteiger partial charge >= 0.3 is 0 Å². The summed E-state index contributed by atoms with van der Waals surface area (Å²) in [5.74, 6) is 6.42. The highest BCUT2D eigenvalue weighted by atomic mass is 16.5. The molecule has 0 amide bonds. The maximum absolute atomic E-state index is 5.71. The number of nitrogens with two attached hydrogens (primary N) is 1. The van der Waals surface area contributed by atoms with E-state index in [4.69, 9.17) is 10.6 Å². The monoisotopic (exact) mass is 247 g/mol. The summed E-state index contributed by atoms with van der Waals surface area (Å²) >= 11 is 0. The lowest BCUT2D eigenvalue weighted by Gasteiger charge is -2.17. The Kier molecular flexibility index (Phi) is 4.27. The first kappa shape index (κ1) is 12.5. The highest BCUT2D eigenvalue weighted by molar-refractivity contribution is 5.39. The van der Waals surface area contributed by atoms with Gasteiger partial charge in [0.05, 0.1) is 18.8 Å². The largest absolute Gasteiger partial charge is 0.493 e. The van der Waals surface area contributed by atoms with Crippen molar-refractivity contribution in [2.45, 2.75) is 19.4 Å². The van der Waals surface area contributed by atoms with Gasteiger partial charge in [0.1, 0.15) is 11.4 Å². The lowest BCUT2D eigenvalue weighted by atomic mass is 10.0. The Balaban J connectivity index is 2.30. The fourth-order valence-electron chi connectivity index (χ4n) is 1.75. The highest BCUT2D eigenvalue weighted by Gasteiger charge is 2.18. The van der Waals surface area contributed by atoms with E-state index < -0.39 is 0 Å². The molecule has 4 N–H and O–H groups in total. The van der Waals surface area contributed by atoms with Gasteiger partial charge in [-0.25, -0.2) is 5.43 Å². The third-order valence-electron chi connectivity index (χ3n) is 2.59. The quantitative estimate of drug-likeness (QED) is 0.526. The first-order valence-corrected chi connectivity index (χ1v) is 5.90. The van der Waals surface area contributed by atoms with E-state index in [0.717, 1.165) is 23.4 Å². The van der Waals surface area contributed by atoms with Gasteiger partial charge in [0.15, 0.2) is 0 Å². The first-order chi connectivity index (χ1) is 8.86. The van der Waals surface area contributed by atoms with Gasteiger partial charge in [0, 0.05) is 5.56 Å². The lowest BCUT2D eigenvalue weighted by Crippen LogP contribution is -2.29. The van der Waals surface area contributed by atoms with Crippen LogP contribution >= 0.6 is 0 Å². The van der Waals surface area contributed by atoms with E-state index in [1.807, 2.05) is 24.3 Å². The molecule has 0 saturated heterocycles. The molecule has 0 aliphatic carbocycles. The molecule has 0 radical (unpaired) electrons. The van der Waals surface area contributed by atoms with E-state index in [1.54, 1.807) is 6.20 Å². The minimum Gasteiger partial charge on any atom is -0.493 e. The number of hydrazine groups is 1. The predicted octanol–water partition coefficient (Wildman–Crippen LogP) is 1.15. The average Bonchev–Trinajstić information content (AvgIpc) is 2.92. The average molecular weight is 247 g/mol. The van der Waals surface area contributed by atoms with Crippen LogP contribution in [0.3, 0.4) is 0 Å². The van der Waals surface area contributed by atoms with Crippen LogP contribution in [0.25, 0.3) is 0 Å². The lowest BCUT2D eigenvalue weighted by molar-refractivity contribution is 0.311. The van der Waals surface area contributed by atoms with E-state index in [2.05, 4.69) is 27.8 Å². The normalized spacial score (nSPS) is 12.3. The molecule has 6 nitrogen and oxygen atoms in total. The van der Waals surface area contributed by atoms with Gasteiger partial charge < -0.3 is 4.74 Å². The summed E-state index contributed by atoms with van der Waals surface area (Å²) in [4.78, 5) is 0. The maximum atomic E-state index is 5.71. The molecule has 0 spiro atoms. The zero-order chi connectivity index (χ0) is 12.8. The molecule has 18 heavy (non-hydrogen) atoms. The molecule has 96 valence electrons. The molecular weight excluding hydrogens is 230 g/mol. The SMILES string of the molecule is CCCOc1ccccc1C(NN)c1cn[nH]n1. The minimum absolute atomic E-state index is 0.239. The van der Waals surface area contributed by atoms with Gasteiger partial charge in [-0.3, -0.25) is 5.84 Å². The third-order valence-corrected chi connectivity index (χ3v) is 2.59.